The van der Waals surface area contributed by atoms with Gasteiger partial charge in [0.25, 0.3) is 0 Å². The van der Waals surface area contributed by atoms with Gasteiger partial charge in [0, 0.05) is 12.8 Å². The minimum Gasteiger partial charge on any atom is -0.462 e. The zero-order valence-corrected chi connectivity index (χ0v) is 42.4. The van der Waals surface area contributed by atoms with Gasteiger partial charge in [0.15, 0.2) is 18.7 Å². The van der Waals surface area contributed by atoms with E-state index in [-0.39, 0.29) is 26.1 Å². The third-order valence-corrected chi connectivity index (χ3v) is 13.3. The molecule has 2 heterocycles. The van der Waals surface area contributed by atoms with Crippen molar-refractivity contribution in [2.75, 3.05) is 26.4 Å². The molecule has 7 N–H and O–H groups in total. The van der Waals surface area contributed by atoms with Crippen LogP contribution in [-0.4, -0.2) is 142 Å². The Hall–Kier alpha value is -1.76. The Bertz CT molecular complexity index is 1240. The van der Waals surface area contributed by atoms with Crippen molar-refractivity contribution >= 4 is 11.9 Å². The Morgan fingerprint density at radius 2 is 0.868 bits per heavy atom. The Kier molecular flexibility index (Phi) is 37.4. The Balaban J connectivity index is 1.79. The van der Waals surface area contributed by atoms with E-state index in [1.807, 2.05) is 6.08 Å². The van der Waals surface area contributed by atoms with Crippen LogP contribution < -0.4 is 0 Å². The predicted molar refractivity (Wildman–Crippen MR) is 261 cm³/mol. The molecule has 0 aromatic rings. The minimum absolute atomic E-state index is 0.139. The van der Waals surface area contributed by atoms with Crippen LogP contribution in [0, 0.1) is 0 Å². The average molecular weight is 975 g/mol. The van der Waals surface area contributed by atoms with Crippen LogP contribution in [0.5, 0.6) is 0 Å². The first-order chi connectivity index (χ1) is 33.0. The highest BCUT2D eigenvalue weighted by molar-refractivity contribution is 5.70. The molecule has 0 spiro atoms. The standard InChI is InChI=1S/C53H98O15/c1-3-5-7-9-11-13-15-17-19-20-22-24-26-28-30-32-34-36-45(56)66-41(38-63-44(55)35-33-31-29-27-25-23-21-18-16-14-12-10-8-6-4-2)39-64-52-51(62)49(60)47(58)43(68-52)40-65-53-50(61)48(59)46(57)42(37-54)67-53/h29,31,41-43,46-54,57-62H,3-28,30,32-40H2,1-2H3/b31-29+/t41-,42+,43+,46-,47-,48?,49?,50?,51?,52+,53+/m1/s1. The predicted octanol–water partition coefficient (Wildman–Crippen LogP) is 8.16. The van der Waals surface area contributed by atoms with Crippen molar-refractivity contribution in [3.63, 3.8) is 0 Å². The van der Waals surface area contributed by atoms with E-state index in [1.54, 1.807) is 0 Å². The number of unbranched alkanes of at least 4 members (excludes halogenated alkanes) is 27. The molecule has 4 unspecified atom stereocenters. The lowest BCUT2D eigenvalue weighted by molar-refractivity contribution is -0.332. The van der Waals surface area contributed by atoms with Crippen LogP contribution in [0.2, 0.25) is 0 Å². The molecule has 2 aliphatic heterocycles. The van der Waals surface area contributed by atoms with Crippen LogP contribution in [0.4, 0.5) is 0 Å². The van der Waals surface area contributed by atoms with Crippen molar-refractivity contribution in [2.45, 2.75) is 287 Å². The number of aliphatic hydroxyl groups excluding tert-OH is 7. The smallest absolute Gasteiger partial charge is 0.306 e. The molecule has 0 radical (unpaired) electrons. The molecular weight excluding hydrogens is 877 g/mol. The number of hydrogen-bond donors (Lipinski definition) is 7. The van der Waals surface area contributed by atoms with Gasteiger partial charge < -0.3 is 64.2 Å². The number of hydrogen-bond acceptors (Lipinski definition) is 15. The van der Waals surface area contributed by atoms with Gasteiger partial charge in [-0.2, -0.15) is 0 Å². The highest BCUT2D eigenvalue weighted by atomic mass is 16.7. The molecule has 400 valence electrons. The Morgan fingerprint density at radius 1 is 0.456 bits per heavy atom. The molecule has 0 aliphatic carbocycles. The highest BCUT2D eigenvalue weighted by Crippen LogP contribution is 2.27. The van der Waals surface area contributed by atoms with Gasteiger partial charge in [-0.25, -0.2) is 0 Å². The zero-order valence-electron chi connectivity index (χ0n) is 42.4. The van der Waals surface area contributed by atoms with E-state index < -0.39 is 92.7 Å². The van der Waals surface area contributed by atoms with Crippen LogP contribution in [0.1, 0.15) is 219 Å². The molecule has 15 heteroatoms. The molecule has 2 saturated heterocycles. The molecule has 2 aliphatic rings. The summed E-state index contributed by atoms with van der Waals surface area (Å²) in [7, 11) is 0. The normalized spacial score (nSPS) is 25.8. The molecule has 2 fully saturated rings. The fourth-order valence-electron chi connectivity index (χ4n) is 8.77. The molecule has 2 rings (SSSR count). The number of rotatable bonds is 43. The maximum atomic E-state index is 13.0. The highest BCUT2D eigenvalue weighted by Gasteiger charge is 2.47. The number of carbonyl (C=O) groups excluding carboxylic acids is 2. The first-order valence-electron chi connectivity index (χ1n) is 27.3. The summed E-state index contributed by atoms with van der Waals surface area (Å²) in [5.41, 5.74) is 0. The van der Waals surface area contributed by atoms with E-state index in [4.69, 9.17) is 28.4 Å². The summed E-state index contributed by atoms with van der Waals surface area (Å²) in [6.45, 7) is 2.59. The third-order valence-electron chi connectivity index (χ3n) is 13.3. The fourth-order valence-corrected chi connectivity index (χ4v) is 8.77. The van der Waals surface area contributed by atoms with Gasteiger partial charge >= 0.3 is 11.9 Å². The van der Waals surface area contributed by atoms with Crippen LogP contribution in [0.25, 0.3) is 0 Å². The Labute approximate surface area is 410 Å². The molecule has 15 nitrogen and oxygen atoms in total. The van der Waals surface area contributed by atoms with Gasteiger partial charge in [0.05, 0.1) is 19.8 Å². The summed E-state index contributed by atoms with van der Waals surface area (Å²) >= 11 is 0. The molecule has 0 aromatic carbocycles. The van der Waals surface area contributed by atoms with Crippen molar-refractivity contribution in [1.82, 2.24) is 0 Å². The molecule has 68 heavy (non-hydrogen) atoms. The quantitative estimate of drug-likeness (QED) is 0.0174. The number of carbonyl (C=O) groups is 2. The van der Waals surface area contributed by atoms with Gasteiger partial charge in [0.2, 0.25) is 0 Å². The van der Waals surface area contributed by atoms with Crippen molar-refractivity contribution in [1.29, 1.82) is 0 Å². The summed E-state index contributed by atoms with van der Waals surface area (Å²) in [5.74, 6) is -0.969. The van der Waals surface area contributed by atoms with Crippen LogP contribution in [0.3, 0.4) is 0 Å². The summed E-state index contributed by atoms with van der Waals surface area (Å²) < 4.78 is 33.6. The average Bonchev–Trinajstić information content (AvgIpc) is 3.33. The largest absolute Gasteiger partial charge is 0.462 e. The number of ether oxygens (including phenoxy) is 6. The number of allylic oxidation sites excluding steroid dienone is 2. The lowest BCUT2D eigenvalue weighted by Gasteiger charge is -2.42. The van der Waals surface area contributed by atoms with E-state index in [0.717, 1.165) is 32.1 Å². The van der Waals surface area contributed by atoms with E-state index in [0.29, 0.717) is 12.8 Å². The summed E-state index contributed by atoms with van der Waals surface area (Å²) in [6, 6.07) is 0. The van der Waals surface area contributed by atoms with Crippen LogP contribution in [0.15, 0.2) is 12.2 Å². The van der Waals surface area contributed by atoms with E-state index in [9.17, 15) is 45.3 Å². The third kappa shape index (κ3) is 28.3. The van der Waals surface area contributed by atoms with Crippen molar-refractivity contribution in [2.24, 2.45) is 0 Å². The number of esters is 2. The van der Waals surface area contributed by atoms with Crippen molar-refractivity contribution in [3.8, 4) is 0 Å². The molecule has 0 amide bonds. The summed E-state index contributed by atoms with van der Waals surface area (Å²) in [5, 5.41) is 72.1. The SMILES string of the molecule is CCCCCCCCCCCCC/C=C/CCC(=O)OC[C@H](CO[C@H]1O[C@@H](CO[C@H]2O[C@@H](CO)[C@@H](O)C(O)C2O)[C@@H](O)C(O)C1O)OC(=O)CCCCCCCCCCCCCCCCCCC. The van der Waals surface area contributed by atoms with Gasteiger partial charge in [0.1, 0.15) is 55.4 Å². The van der Waals surface area contributed by atoms with Gasteiger partial charge in [-0.3, -0.25) is 9.59 Å². The molecule has 0 saturated carbocycles. The second kappa shape index (κ2) is 40.8. The van der Waals surface area contributed by atoms with Gasteiger partial charge in [-0.1, -0.05) is 193 Å². The number of aliphatic hydroxyl groups is 7. The van der Waals surface area contributed by atoms with E-state index >= 15 is 0 Å². The molecule has 0 aromatic heterocycles. The lowest BCUT2D eigenvalue weighted by atomic mass is 9.98. The first-order valence-corrected chi connectivity index (χ1v) is 27.3. The summed E-state index contributed by atoms with van der Waals surface area (Å²) in [4.78, 5) is 25.8. The molecular formula is C53H98O15. The van der Waals surface area contributed by atoms with Gasteiger partial charge in [-0.05, 0) is 25.7 Å². The van der Waals surface area contributed by atoms with Crippen molar-refractivity contribution in [3.05, 3.63) is 12.2 Å². The van der Waals surface area contributed by atoms with E-state index in [1.165, 1.54) is 148 Å². The second-order valence-electron chi connectivity index (χ2n) is 19.4. The first kappa shape index (κ1) is 62.4. The van der Waals surface area contributed by atoms with Crippen LogP contribution >= 0.6 is 0 Å². The maximum absolute atomic E-state index is 13.0. The van der Waals surface area contributed by atoms with Gasteiger partial charge in [-0.15, -0.1) is 0 Å². The second-order valence-corrected chi connectivity index (χ2v) is 19.4. The molecule has 0 bridgehead atoms. The minimum atomic E-state index is -1.77. The zero-order chi connectivity index (χ0) is 49.6. The van der Waals surface area contributed by atoms with Crippen LogP contribution in [-0.2, 0) is 38.0 Å². The fraction of sp³-hybridized carbons (Fsp3) is 0.925. The topological polar surface area (TPSA) is 231 Å². The molecule has 11 atom stereocenters. The monoisotopic (exact) mass is 975 g/mol. The van der Waals surface area contributed by atoms with E-state index in [2.05, 4.69) is 19.9 Å². The maximum Gasteiger partial charge on any atom is 0.306 e. The lowest BCUT2D eigenvalue weighted by Crippen LogP contribution is -2.61. The summed E-state index contributed by atoms with van der Waals surface area (Å²) in [6.07, 6.45) is 23.9. The van der Waals surface area contributed by atoms with Crippen molar-refractivity contribution < 1.29 is 73.8 Å². The Morgan fingerprint density at radius 3 is 1.35 bits per heavy atom.